The summed E-state index contributed by atoms with van der Waals surface area (Å²) >= 11 is 0. The minimum absolute atomic E-state index is 1.28. The van der Waals surface area contributed by atoms with Crippen LogP contribution in [-0.4, -0.2) is 0 Å². The number of allylic oxidation sites excluding steroid dienone is 4. The maximum Gasteiger partial charge on any atom is -0.0184 e. The van der Waals surface area contributed by atoms with Gasteiger partial charge in [0.1, 0.15) is 0 Å². The van der Waals surface area contributed by atoms with Gasteiger partial charge >= 0.3 is 0 Å². The summed E-state index contributed by atoms with van der Waals surface area (Å²) in [5.74, 6) is 0. The third-order valence-electron chi connectivity index (χ3n) is 1.88. The first-order valence-electron chi connectivity index (χ1n) is 4.07. The van der Waals surface area contributed by atoms with Crippen LogP contribution in [0.3, 0.4) is 0 Å². The summed E-state index contributed by atoms with van der Waals surface area (Å²) in [5, 5.41) is 2.55. The van der Waals surface area contributed by atoms with Crippen LogP contribution in [-0.2, 0) is 0 Å². The molecule has 0 nitrogen and oxygen atoms in total. The van der Waals surface area contributed by atoms with E-state index in [4.69, 9.17) is 0 Å². The number of fused-ring (bicyclic) bond motifs is 1. The molecule has 0 aromatic heterocycles. The molecule has 1 aromatic rings. The zero-order valence-corrected chi connectivity index (χ0v) is 6.77. The van der Waals surface area contributed by atoms with Crippen LogP contribution in [0.25, 0.3) is 12.2 Å². The molecule has 1 aliphatic rings. The van der Waals surface area contributed by atoms with Crippen molar-refractivity contribution < 1.29 is 0 Å². The van der Waals surface area contributed by atoms with Gasteiger partial charge in [0.2, 0.25) is 0 Å². The molecule has 0 unspecified atom stereocenters. The number of hydrogen-bond acceptors (Lipinski definition) is 0. The van der Waals surface area contributed by atoms with Crippen molar-refractivity contribution in [3.63, 3.8) is 0 Å². The van der Waals surface area contributed by atoms with Crippen LogP contribution >= 0.6 is 0 Å². The SMILES string of the molecule is C1=C\C=c2/cccc/c2=C/C=C/1. The third kappa shape index (κ3) is 1.37. The van der Waals surface area contributed by atoms with Crippen molar-refractivity contribution in [2.24, 2.45) is 0 Å². The quantitative estimate of drug-likeness (QED) is 0.529. The second-order valence-corrected chi connectivity index (χ2v) is 2.73. The fourth-order valence-corrected chi connectivity index (χ4v) is 1.26. The van der Waals surface area contributed by atoms with Gasteiger partial charge in [-0.25, -0.2) is 0 Å². The van der Waals surface area contributed by atoms with Crippen molar-refractivity contribution in [3.8, 4) is 0 Å². The van der Waals surface area contributed by atoms with Crippen LogP contribution in [0.1, 0.15) is 0 Å². The van der Waals surface area contributed by atoms with Gasteiger partial charge in [0.25, 0.3) is 0 Å². The minimum Gasteiger partial charge on any atom is -0.0622 e. The monoisotopic (exact) mass is 154 g/mol. The van der Waals surface area contributed by atoms with E-state index in [0.717, 1.165) is 0 Å². The van der Waals surface area contributed by atoms with Gasteiger partial charge in [0.15, 0.2) is 0 Å². The molecule has 0 spiro atoms. The van der Waals surface area contributed by atoms with E-state index in [1.54, 1.807) is 0 Å². The average molecular weight is 154 g/mol. The Bertz CT molecular complexity index is 390. The second-order valence-electron chi connectivity index (χ2n) is 2.73. The Morgan fingerprint density at radius 2 is 1.08 bits per heavy atom. The largest absolute Gasteiger partial charge is 0.0622 e. The van der Waals surface area contributed by atoms with Crippen LogP contribution in [0, 0.1) is 0 Å². The lowest BCUT2D eigenvalue weighted by Crippen LogP contribution is -2.22. The van der Waals surface area contributed by atoms with Crippen LogP contribution in [0.4, 0.5) is 0 Å². The Morgan fingerprint density at radius 1 is 0.583 bits per heavy atom. The molecule has 1 aliphatic carbocycles. The van der Waals surface area contributed by atoms with Crippen LogP contribution in [0.5, 0.6) is 0 Å². The van der Waals surface area contributed by atoms with E-state index in [-0.39, 0.29) is 0 Å². The lowest BCUT2D eigenvalue weighted by atomic mass is 10.2. The second kappa shape index (κ2) is 3.22. The maximum atomic E-state index is 2.12. The molecule has 58 valence electrons. The van der Waals surface area contributed by atoms with E-state index in [9.17, 15) is 0 Å². The summed E-state index contributed by atoms with van der Waals surface area (Å²) in [6.45, 7) is 0. The average Bonchev–Trinajstić information content (AvgIpc) is 2.06. The van der Waals surface area contributed by atoms with Crippen molar-refractivity contribution in [3.05, 3.63) is 59.0 Å². The molecule has 0 atom stereocenters. The van der Waals surface area contributed by atoms with Gasteiger partial charge in [-0.3, -0.25) is 0 Å². The highest BCUT2D eigenvalue weighted by atomic mass is 13.9. The predicted octanol–water partition coefficient (Wildman–Crippen LogP) is 1.37. The Hall–Kier alpha value is -1.56. The fourth-order valence-electron chi connectivity index (χ4n) is 1.26. The first kappa shape index (κ1) is 7.11. The van der Waals surface area contributed by atoms with Crippen LogP contribution in [0.2, 0.25) is 0 Å². The minimum atomic E-state index is 1.28. The number of benzene rings is 1. The van der Waals surface area contributed by atoms with Gasteiger partial charge in [-0.15, -0.1) is 0 Å². The van der Waals surface area contributed by atoms with Crippen LogP contribution in [0.15, 0.2) is 48.6 Å². The summed E-state index contributed by atoms with van der Waals surface area (Å²) < 4.78 is 0. The Kier molecular flexibility index (Phi) is 1.91. The zero-order chi connectivity index (χ0) is 8.23. The summed E-state index contributed by atoms with van der Waals surface area (Å²) in [6.07, 6.45) is 12.4. The molecular weight excluding hydrogens is 144 g/mol. The molecule has 0 radical (unpaired) electrons. The van der Waals surface area contributed by atoms with E-state index >= 15 is 0 Å². The van der Waals surface area contributed by atoms with Gasteiger partial charge in [-0.2, -0.15) is 0 Å². The van der Waals surface area contributed by atoms with Crippen molar-refractivity contribution in [2.45, 2.75) is 0 Å². The molecular formula is C12H10. The molecule has 2 rings (SSSR count). The van der Waals surface area contributed by atoms with Gasteiger partial charge in [0, 0.05) is 0 Å². The first-order chi connectivity index (χ1) is 5.97. The molecule has 0 N–H and O–H groups in total. The molecule has 1 aromatic carbocycles. The predicted molar refractivity (Wildman–Crippen MR) is 52.9 cm³/mol. The lowest BCUT2D eigenvalue weighted by Gasteiger charge is -1.89. The number of rotatable bonds is 0. The molecule has 0 heterocycles. The summed E-state index contributed by atoms with van der Waals surface area (Å²) in [4.78, 5) is 0. The van der Waals surface area contributed by atoms with Crippen molar-refractivity contribution in [1.82, 2.24) is 0 Å². The zero-order valence-electron chi connectivity index (χ0n) is 6.77. The topological polar surface area (TPSA) is 0 Å². The molecule has 0 bridgehead atoms. The fraction of sp³-hybridized carbons (Fsp3) is 0. The van der Waals surface area contributed by atoms with Crippen LogP contribution < -0.4 is 10.4 Å². The van der Waals surface area contributed by atoms with Gasteiger partial charge in [-0.05, 0) is 10.4 Å². The Labute approximate surface area is 71.9 Å². The highest BCUT2D eigenvalue weighted by Crippen LogP contribution is 1.83. The van der Waals surface area contributed by atoms with Crippen molar-refractivity contribution in [1.29, 1.82) is 0 Å². The van der Waals surface area contributed by atoms with Crippen molar-refractivity contribution >= 4 is 12.2 Å². The lowest BCUT2D eigenvalue weighted by molar-refractivity contribution is 1.52. The van der Waals surface area contributed by atoms with E-state index in [1.165, 1.54) is 10.4 Å². The molecule has 0 saturated carbocycles. The maximum absolute atomic E-state index is 2.12. The smallest absolute Gasteiger partial charge is 0.0184 e. The van der Waals surface area contributed by atoms with E-state index in [2.05, 4.69) is 48.6 Å². The first-order valence-corrected chi connectivity index (χ1v) is 4.07. The Morgan fingerprint density at radius 3 is 1.58 bits per heavy atom. The summed E-state index contributed by atoms with van der Waals surface area (Å²) in [7, 11) is 0. The van der Waals surface area contributed by atoms with E-state index in [1.807, 2.05) is 12.2 Å². The van der Waals surface area contributed by atoms with E-state index in [0.29, 0.717) is 0 Å². The molecule has 0 amide bonds. The molecule has 0 heteroatoms. The molecule has 0 fully saturated rings. The van der Waals surface area contributed by atoms with Gasteiger partial charge < -0.3 is 0 Å². The highest BCUT2D eigenvalue weighted by molar-refractivity contribution is 5.47. The standard InChI is InChI=1S/C12H10/c1-2-4-8-12-10-6-5-9-11(12)7-3-1/h1-10H/b2-1?,3-1-,4-2+,7-3?,8-4?,11-7+,12-8-. The molecule has 0 aliphatic heterocycles. The molecule has 12 heavy (non-hydrogen) atoms. The van der Waals surface area contributed by atoms with Gasteiger partial charge in [-0.1, -0.05) is 60.7 Å². The third-order valence-corrected chi connectivity index (χ3v) is 1.88. The number of hydrogen-bond donors (Lipinski definition) is 0. The Balaban J connectivity index is 2.80. The summed E-state index contributed by atoms with van der Waals surface area (Å²) in [6, 6.07) is 8.36. The summed E-state index contributed by atoms with van der Waals surface area (Å²) in [5.41, 5.74) is 0. The van der Waals surface area contributed by atoms with E-state index < -0.39 is 0 Å². The van der Waals surface area contributed by atoms with Gasteiger partial charge in [0.05, 0.1) is 0 Å². The molecule has 0 saturated heterocycles. The highest BCUT2D eigenvalue weighted by Gasteiger charge is 1.81. The van der Waals surface area contributed by atoms with Crippen molar-refractivity contribution in [2.75, 3.05) is 0 Å². The normalized spacial score (nSPS) is 24.7.